The van der Waals surface area contributed by atoms with E-state index in [1.165, 1.54) is 0 Å². The Morgan fingerprint density at radius 1 is 1.23 bits per heavy atom. The lowest BCUT2D eigenvalue weighted by Crippen LogP contribution is -2.23. The quantitative estimate of drug-likeness (QED) is 0.613. The molecule has 3 nitrogen and oxygen atoms in total. The summed E-state index contributed by atoms with van der Waals surface area (Å²) in [4.78, 5) is 0. The molecule has 0 heterocycles. The van der Waals surface area contributed by atoms with Crippen LogP contribution >= 0.6 is 11.6 Å². The van der Waals surface area contributed by atoms with Crippen molar-refractivity contribution >= 4 is 21.6 Å². The van der Waals surface area contributed by atoms with Crippen LogP contribution in [0.1, 0.15) is 5.56 Å². The molecule has 0 saturated carbocycles. The Labute approximate surface area is 82.8 Å². The minimum absolute atomic E-state index is 0.0272. The lowest BCUT2D eigenvalue weighted by molar-refractivity contribution is 0.586. The van der Waals surface area contributed by atoms with E-state index in [9.17, 15) is 8.42 Å². The van der Waals surface area contributed by atoms with Gasteiger partial charge in [-0.25, -0.2) is 13.1 Å². The lowest BCUT2D eigenvalue weighted by Gasteiger charge is -2.02. The molecule has 5 heteroatoms. The van der Waals surface area contributed by atoms with E-state index < -0.39 is 10.0 Å². The molecule has 0 aliphatic rings. The fourth-order valence-electron chi connectivity index (χ4n) is 0.928. The molecule has 0 spiro atoms. The van der Waals surface area contributed by atoms with Crippen molar-refractivity contribution in [1.29, 1.82) is 0 Å². The predicted octanol–water partition coefficient (Wildman–Crippen LogP) is 1.30. The van der Waals surface area contributed by atoms with Crippen molar-refractivity contribution in [2.24, 2.45) is 0 Å². The summed E-state index contributed by atoms with van der Waals surface area (Å²) < 4.78 is 24.6. The third kappa shape index (κ3) is 3.76. The van der Waals surface area contributed by atoms with E-state index in [0.29, 0.717) is 0 Å². The zero-order valence-corrected chi connectivity index (χ0v) is 8.48. The van der Waals surface area contributed by atoms with Crippen LogP contribution < -0.4 is 4.72 Å². The highest BCUT2D eigenvalue weighted by atomic mass is 35.5. The molecule has 1 rings (SSSR count). The zero-order chi connectivity index (χ0) is 9.73. The number of alkyl halides is 1. The molecule has 0 aliphatic carbocycles. The first-order chi connectivity index (χ1) is 6.14. The maximum Gasteiger partial charge on any atom is 0.216 e. The number of halogens is 1. The van der Waals surface area contributed by atoms with Gasteiger partial charge in [-0.2, -0.15) is 0 Å². The van der Waals surface area contributed by atoms with Crippen LogP contribution in [0, 0.1) is 0 Å². The average molecular weight is 220 g/mol. The molecule has 0 unspecified atom stereocenters. The Kier molecular flexibility index (Phi) is 3.71. The molecular formula is C8H10ClNO2S. The van der Waals surface area contributed by atoms with E-state index in [-0.39, 0.29) is 11.8 Å². The minimum atomic E-state index is -3.27. The summed E-state index contributed by atoms with van der Waals surface area (Å²) in [6, 6.07) is 8.86. The van der Waals surface area contributed by atoms with Gasteiger partial charge in [0.25, 0.3) is 0 Å². The molecule has 0 amide bonds. The van der Waals surface area contributed by atoms with Crippen molar-refractivity contribution < 1.29 is 8.42 Å². The highest BCUT2D eigenvalue weighted by Gasteiger charge is 2.08. The van der Waals surface area contributed by atoms with E-state index in [1.807, 2.05) is 6.07 Å². The highest BCUT2D eigenvalue weighted by Crippen LogP contribution is 2.03. The molecule has 72 valence electrons. The first kappa shape index (κ1) is 10.5. The van der Waals surface area contributed by atoms with Gasteiger partial charge < -0.3 is 0 Å². The van der Waals surface area contributed by atoms with Crippen molar-refractivity contribution in [3.63, 3.8) is 0 Å². The first-order valence-corrected chi connectivity index (χ1v) is 5.90. The average Bonchev–Trinajstić information content (AvgIpc) is 2.04. The zero-order valence-electron chi connectivity index (χ0n) is 6.90. The summed E-state index contributed by atoms with van der Waals surface area (Å²) in [5.41, 5.74) is 0.750. The molecule has 0 atom stereocenters. The Balaban J connectivity index is 2.70. The molecule has 0 fully saturated rings. The SMILES string of the molecule is O=S(=O)(Cc1ccccc1)NCCl. The van der Waals surface area contributed by atoms with Crippen molar-refractivity contribution in [3.8, 4) is 0 Å². The van der Waals surface area contributed by atoms with Crippen LogP contribution in [0.2, 0.25) is 0 Å². The van der Waals surface area contributed by atoms with Gasteiger partial charge in [0.2, 0.25) is 10.0 Å². The maximum absolute atomic E-state index is 11.2. The summed E-state index contributed by atoms with van der Waals surface area (Å²) in [6.45, 7) is 0. The molecular weight excluding hydrogens is 210 g/mol. The van der Waals surface area contributed by atoms with E-state index in [4.69, 9.17) is 11.6 Å². The fraction of sp³-hybridized carbons (Fsp3) is 0.250. The van der Waals surface area contributed by atoms with Gasteiger partial charge in [0, 0.05) is 0 Å². The normalized spacial score (nSPS) is 11.5. The molecule has 0 bridgehead atoms. The van der Waals surface area contributed by atoms with Crippen LogP contribution in [0.5, 0.6) is 0 Å². The van der Waals surface area contributed by atoms with Crippen molar-refractivity contribution in [3.05, 3.63) is 35.9 Å². The highest BCUT2D eigenvalue weighted by molar-refractivity contribution is 7.88. The monoisotopic (exact) mass is 219 g/mol. The second kappa shape index (κ2) is 4.60. The summed E-state index contributed by atoms with van der Waals surface area (Å²) in [5, 5.41) is 0. The Hall–Kier alpha value is -0.580. The molecule has 13 heavy (non-hydrogen) atoms. The summed E-state index contributed by atoms with van der Waals surface area (Å²) >= 11 is 5.26. The van der Waals surface area contributed by atoms with Crippen LogP contribution in [-0.2, 0) is 15.8 Å². The minimum Gasteiger partial charge on any atom is -0.212 e. The van der Waals surface area contributed by atoms with E-state index >= 15 is 0 Å². The first-order valence-electron chi connectivity index (χ1n) is 3.71. The van der Waals surface area contributed by atoms with E-state index in [2.05, 4.69) is 4.72 Å². The summed E-state index contributed by atoms with van der Waals surface area (Å²) in [7, 11) is -3.27. The third-order valence-corrected chi connectivity index (χ3v) is 3.06. The molecule has 0 aromatic heterocycles. The van der Waals surface area contributed by atoms with Crippen molar-refractivity contribution in [2.75, 3.05) is 6.00 Å². The number of sulfonamides is 1. The number of nitrogens with one attached hydrogen (secondary N) is 1. The lowest BCUT2D eigenvalue weighted by atomic mass is 10.2. The van der Waals surface area contributed by atoms with Gasteiger partial charge in [0.1, 0.15) is 0 Å². The van der Waals surface area contributed by atoms with Crippen LogP contribution in [0.3, 0.4) is 0 Å². The number of benzene rings is 1. The van der Waals surface area contributed by atoms with Crippen LogP contribution in [-0.4, -0.2) is 14.4 Å². The largest absolute Gasteiger partial charge is 0.216 e. The fourth-order valence-corrected chi connectivity index (χ4v) is 2.33. The van der Waals surface area contributed by atoms with Crippen LogP contribution in [0.4, 0.5) is 0 Å². The molecule has 1 aromatic carbocycles. The predicted molar refractivity (Wildman–Crippen MR) is 52.9 cm³/mol. The van der Waals surface area contributed by atoms with Gasteiger partial charge in [0.15, 0.2) is 0 Å². The summed E-state index contributed by atoms with van der Waals surface area (Å²) in [5.74, 6) is -0.0272. The van der Waals surface area contributed by atoms with Crippen LogP contribution in [0.15, 0.2) is 30.3 Å². The van der Waals surface area contributed by atoms with Crippen LogP contribution in [0.25, 0.3) is 0 Å². The Bertz CT molecular complexity index is 350. The van der Waals surface area contributed by atoms with Crippen molar-refractivity contribution in [2.45, 2.75) is 5.75 Å². The number of rotatable bonds is 4. The van der Waals surface area contributed by atoms with Crippen molar-refractivity contribution in [1.82, 2.24) is 4.72 Å². The summed E-state index contributed by atoms with van der Waals surface area (Å²) in [6.07, 6.45) is 0. The molecule has 1 N–H and O–H groups in total. The molecule has 0 saturated heterocycles. The molecule has 1 aromatic rings. The van der Waals surface area contributed by atoms with Gasteiger partial charge in [-0.05, 0) is 5.56 Å². The van der Waals surface area contributed by atoms with E-state index in [1.54, 1.807) is 24.3 Å². The third-order valence-electron chi connectivity index (χ3n) is 1.47. The molecule has 0 radical (unpaired) electrons. The van der Waals surface area contributed by atoms with Gasteiger partial charge in [-0.15, -0.1) is 11.6 Å². The van der Waals surface area contributed by atoms with Gasteiger partial charge in [0.05, 0.1) is 11.8 Å². The smallest absolute Gasteiger partial charge is 0.212 e. The Morgan fingerprint density at radius 2 is 1.85 bits per heavy atom. The number of hydrogen-bond acceptors (Lipinski definition) is 2. The van der Waals surface area contributed by atoms with Gasteiger partial charge in [-0.1, -0.05) is 30.3 Å². The van der Waals surface area contributed by atoms with E-state index in [0.717, 1.165) is 5.56 Å². The maximum atomic E-state index is 11.2. The van der Waals surface area contributed by atoms with Gasteiger partial charge in [-0.3, -0.25) is 0 Å². The topological polar surface area (TPSA) is 46.2 Å². The second-order valence-corrected chi connectivity index (χ2v) is 4.60. The van der Waals surface area contributed by atoms with Gasteiger partial charge >= 0.3 is 0 Å². The molecule has 0 aliphatic heterocycles. The standard InChI is InChI=1S/C8H10ClNO2S/c9-7-10-13(11,12)6-8-4-2-1-3-5-8/h1-5,10H,6-7H2. The Morgan fingerprint density at radius 3 is 2.38 bits per heavy atom. The second-order valence-electron chi connectivity index (χ2n) is 2.52. The number of hydrogen-bond donors (Lipinski definition) is 1.